The summed E-state index contributed by atoms with van der Waals surface area (Å²) in [5, 5.41) is 0. The molecule has 108 valence electrons. The third-order valence-corrected chi connectivity index (χ3v) is 4.95. The fourth-order valence-corrected chi connectivity index (χ4v) is 3.89. The zero-order valence-corrected chi connectivity index (χ0v) is 11.9. The average Bonchev–Trinajstić information content (AvgIpc) is 2.92. The van der Waals surface area contributed by atoms with E-state index in [0.29, 0.717) is 6.04 Å². The summed E-state index contributed by atoms with van der Waals surface area (Å²) in [6.07, 6.45) is 7.60. The van der Waals surface area contributed by atoms with Gasteiger partial charge in [-0.1, -0.05) is 0 Å². The van der Waals surface area contributed by atoms with Gasteiger partial charge in [-0.05, 0) is 31.4 Å². The Morgan fingerprint density at radius 2 is 2.30 bits per heavy atom. The number of aromatic nitrogens is 1. The quantitative estimate of drug-likeness (QED) is 0.785. The van der Waals surface area contributed by atoms with Gasteiger partial charge in [-0.2, -0.15) is 0 Å². The van der Waals surface area contributed by atoms with E-state index in [1.54, 1.807) is 0 Å². The number of hydrogen-bond donors (Lipinski definition) is 0. The summed E-state index contributed by atoms with van der Waals surface area (Å²) < 4.78 is 11.9. The van der Waals surface area contributed by atoms with Gasteiger partial charge in [0.25, 0.3) is 0 Å². The van der Waals surface area contributed by atoms with Crippen molar-refractivity contribution in [2.75, 3.05) is 26.3 Å². The summed E-state index contributed by atoms with van der Waals surface area (Å²) in [6.45, 7) is 4.05. The van der Waals surface area contributed by atoms with Crippen LogP contribution in [0.2, 0.25) is 0 Å². The molecule has 4 nitrogen and oxygen atoms in total. The largest absolute Gasteiger partial charge is 0.484 e. The second-order valence-electron chi connectivity index (χ2n) is 6.33. The highest BCUT2D eigenvalue weighted by molar-refractivity contribution is 5.34. The standard InChI is InChI=1S/C16H22N2O2/c1-4-15-14(17-7-1)11-16(20-15)6-8-18(12-16)13-3-2-9-19-10-5-13/h1,4,7,13H,2-3,5-6,8-12H2/t13?,16-/m0/s1. The van der Waals surface area contributed by atoms with Crippen LogP contribution in [0.3, 0.4) is 0 Å². The molecule has 2 atom stereocenters. The maximum atomic E-state index is 6.27. The summed E-state index contributed by atoms with van der Waals surface area (Å²) in [6, 6.07) is 4.70. The molecule has 0 radical (unpaired) electrons. The predicted molar refractivity (Wildman–Crippen MR) is 75.9 cm³/mol. The van der Waals surface area contributed by atoms with Crippen molar-refractivity contribution in [1.29, 1.82) is 0 Å². The molecule has 1 spiro atoms. The molecule has 0 aromatic carbocycles. The Labute approximate surface area is 120 Å². The van der Waals surface area contributed by atoms with Crippen molar-refractivity contribution in [3.8, 4) is 5.75 Å². The first-order valence-electron chi connectivity index (χ1n) is 7.79. The van der Waals surface area contributed by atoms with Gasteiger partial charge in [0.1, 0.15) is 11.4 Å². The highest BCUT2D eigenvalue weighted by atomic mass is 16.5. The van der Waals surface area contributed by atoms with E-state index in [-0.39, 0.29) is 5.60 Å². The molecule has 0 N–H and O–H groups in total. The first kappa shape index (κ1) is 12.6. The smallest absolute Gasteiger partial charge is 0.141 e. The van der Waals surface area contributed by atoms with Gasteiger partial charge in [0.15, 0.2) is 0 Å². The normalized spacial score (nSPS) is 33.9. The maximum Gasteiger partial charge on any atom is 0.141 e. The van der Waals surface area contributed by atoms with E-state index in [9.17, 15) is 0 Å². The first-order valence-corrected chi connectivity index (χ1v) is 7.79. The summed E-state index contributed by atoms with van der Waals surface area (Å²) in [7, 11) is 0. The van der Waals surface area contributed by atoms with Crippen molar-refractivity contribution in [3.63, 3.8) is 0 Å². The van der Waals surface area contributed by atoms with Crippen LogP contribution in [0.5, 0.6) is 5.75 Å². The van der Waals surface area contributed by atoms with Crippen LogP contribution >= 0.6 is 0 Å². The predicted octanol–water partition coefficient (Wildman–Crippen LogP) is 2.03. The number of rotatable bonds is 1. The summed E-state index contributed by atoms with van der Waals surface area (Å²) >= 11 is 0. The molecule has 20 heavy (non-hydrogen) atoms. The van der Waals surface area contributed by atoms with Crippen LogP contribution < -0.4 is 4.74 Å². The lowest BCUT2D eigenvalue weighted by Crippen LogP contribution is -2.41. The van der Waals surface area contributed by atoms with Crippen LogP contribution in [0.15, 0.2) is 18.3 Å². The van der Waals surface area contributed by atoms with E-state index in [1.165, 1.54) is 19.3 Å². The molecule has 3 aliphatic rings. The Bertz CT molecular complexity index is 458. The minimum Gasteiger partial charge on any atom is -0.484 e. The Balaban J connectivity index is 1.46. The summed E-state index contributed by atoms with van der Waals surface area (Å²) in [5.74, 6) is 0.999. The number of hydrogen-bond acceptors (Lipinski definition) is 4. The van der Waals surface area contributed by atoms with Crippen LogP contribution in [0, 0.1) is 0 Å². The third kappa shape index (κ3) is 2.21. The molecule has 3 aliphatic heterocycles. The van der Waals surface area contributed by atoms with Gasteiger partial charge in [-0.15, -0.1) is 0 Å². The van der Waals surface area contributed by atoms with Crippen LogP contribution in [0.25, 0.3) is 0 Å². The molecule has 2 saturated heterocycles. The first-order chi connectivity index (χ1) is 9.85. The molecule has 2 fully saturated rings. The highest BCUT2D eigenvalue weighted by Crippen LogP contribution is 2.40. The van der Waals surface area contributed by atoms with Gasteiger partial charge < -0.3 is 9.47 Å². The van der Waals surface area contributed by atoms with E-state index in [1.807, 2.05) is 12.3 Å². The maximum absolute atomic E-state index is 6.27. The van der Waals surface area contributed by atoms with E-state index >= 15 is 0 Å². The topological polar surface area (TPSA) is 34.6 Å². The number of pyridine rings is 1. The van der Waals surface area contributed by atoms with Gasteiger partial charge in [0.05, 0.1) is 5.69 Å². The average molecular weight is 274 g/mol. The van der Waals surface area contributed by atoms with Gasteiger partial charge in [0, 0.05) is 51.4 Å². The van der Waals surface area contributed by atoms with E-state index in [0.717, 1.165) is 50.6 Å². The van der Waals surface area contributed by atoms with Gasteiger partial charge >= 0.3 is 0 Å². The fourth-order valence-electron chi connectivity index (χ4n) is 3.89. The molecular formula is C16H22N2O2. The van der Waals surface area contributed by atoms with Crippen LogP contribution in [-0.4, -0.2) is 47.8 Å². The van der Waals surface area contributed by atoms with Crippen molar-refractivity contribution in [2.45, 2.75) is 43.7 Å². The molecule has 1 aromatic heterocycles. The van der Waals surface area contributed by atoms with Crippen molar-refractivity contribution >= 4 is 0 Å². The zero-order valence-electron chi connectivity index (χ0n) is 11.9. The highest BCUT2D eigenvalue weighted by Gasteiger charge is 2.46. The molecule has 0 amide bonds. The summed E-state index contributed by atoms with van der Waals surface area (Å²) in [5.41, 5.74) is 1.13. The molecular weight excluding hydrogens is 252 g/mol. The van der Waals surface area contributed by atoms with E-state index in [2.05, 4.69) is 16.0 Å². The molecule has 1 aromatic rings. The van der Waals surface area contributed by atoms with Gasteiger partial charge in [-0.25, -0.2) is 0 Å². The van der Waals surface area contributed by atoms with Crippen LogP contribution in [0.1, 0.15) is 31.4 Å². The molecule has 4 rings (SSSR count). The molecule has 0 bridgehead atoms. The minimum absolute atomic E-state index is 0.0101. The van der Waals surface area contributed by atoms with E-state index < -0.39 is 0 Å². The lowest BCUT2D eigenvalue weighted by molar-refractivity contribution is 0.0877. The summed E-state index contributed by atoms with van der Waals surface area (Å²) in [4.78, 5) is 7.09. The molecule has 4 heterocycles. The van der Waals surface area contributed by atoms with Crippen molar-refractivity contribution in [1.82, 2.24) is 9.88 Å². The minimum atomic E-state index is -0.0101. The number of likely N-dealkylation sites (tertiary alicyclic amines) is 1. The molecule has 0 saturated carbocycles. The molecule has 4 heteroatoms. The second kappa shape index (κ2) is 5.01. The lowest BCUT2D eigenvalue weighted by atomic mass is 9.98. The van der Waals surface area contributed by atoms with Crippen molar-refractivity contribution in [2.24, 2.45) is 0 Å². The zero-order chi connectivity index (χ0) is 13.4. The fraction of sp³-hybridized carbons (Fsp3) is 0.688. The lowest BCUT2D eigenvalue weighted by Gasteiger charge is -2.28. The number of ether oxygens (including phenoxy) is 2. The number of fused-ring (bicyclic) bond motifs is 1. The number of nitrogens with zero attached hydrogens (tertiary/aromatic N) is 2. The van der Waals surface area contributed by atoms with Crippen molar-refractivity contribution < 1.29 is 9.47 Å². The third-order valence-electron chi connectivity index (χ3n) is 4.95. The monoisotopic (exact) mass is 274 g/mol. The van der Waals surface area contributed by atoms with Crippen molar-refractivity contribution in [3.05, 3.63) is 24.0 Å². The Morgan fingerprint density at radius 3 is 3.25 bits per heavy atom. The van der Waals surface area contributed by atoms with Gasteiger partial charge in [0.2, 0.25) is 0 Å². The molecule has 0 aliphatic carbocycles. The second-order valence-corrected chi connectivity index (χ2v) is 6.33. The van der Waals surface area contributed by atoms with Crippen LogP contribution in [0.4, 0.5) is 0 Å². The Morgan fingerprint density at radius 1 is 1.30 bits per heavy atom. The Hall–Kier alpha value is -1.13. The Kier molecular flexibility index (Phi) is 3.15. The van der Waals surface area contributed by atoms with Gasteiger partial charge in [-0.3, -0.25) is 9.88 Å². The van der Waals surface area contributed by atoms with Crippen LogP contribution in [-0.2, 0) is 11.2 Å². The molecule has 1 unspecified atom stereocenters. The van der Waals surface area contributed by atoms with E-state index in [4.69, 9.17) is 9.47 Å². The SMILES string of the molecule is c1cnc2c(c1)O[C@@]1(CCN(C3CCCOCC3)C1)C2.